The first kappa shape index (κ1) is 10.1. The Kier molecular flexibility index (Phi) is 4.06. The molecule has 1 heterocycles. The van der Waals surface area contributed by atoms with Crippen LogP contribution in [-0.2, 0) is 4.79 Å². The van der Waals surface area contributed by atoms with E-state index in [0.717, 1.165) is 0 Å². The molecule has 0 saturated carbocycles. The number of amides is 1. The Morgan fingerprint density at radius 3 is 2.25 bits per heavy atom. The highest BCUT2D eigenvalue weighted by Crippen LogP contribution is 1.78. The molecule has 0 unspecified atom stereocenters. The van der Waals surface area contributed by atoms with Gasteiger partial charge in [-0.2, -0.15) is 0 Å². The van der Waals surface area contributed by atoms with Gasteiger partial charge in [-0.05, 0) is 17.4 Å². The van der Waals surface area contributed by atoms with Crippen molar-refractivity contribution in [1.29, 1.82) is 0 Å². The molecule has 0 aliphatic rings. The summed E-state index contributed by atoms with van der Waals surface area (Å²) in [6, 6.07) is 0. The van der Waals surface area contributed by atoms with E-state index in [9.17, 15) is 4.79 Å². The molecular formula is C5H10N6O. The summed E-state index contributed by atoms with van der Waals surface area (Å²) < 4.78 is 0. The van der Waals surface area contributed by atoms with Crippen LogP contribution in [-0.4, -0.2) is 26.5 Å². The first-order valence-corrected chi connectivity index (χ1v) is 2.98. The lowest BCUT2D eigenvalue weighted by Crippen LogP contribution is -2.10. The number of carbonyl (C=O) groups excluding carboxylic acids is 1. The minimum Gasteiger partial charge on any atom is -0.367 e. The monoisotopic (exact) mass is 170 g/mol. The van der Waals surface area contributed by atoms with Crippen molar-refractivity contribution < 1.29 is 4.79 Å². The van der Waals surface area contributed by atoms with Gasteiger partial charge in [-0.3, -0.25) is 4.79 Å². The number of nitrogens with zero attached hydrogens (tertiary/aromatic N) is 3. The van der Waals surface area contributed by atoms with E-state index >= 15 is 0 Å². The molecule has 7 nitrogen and oxygen atoms in total. The fourth-order valence-corrected chi connectivity index (χ4v) is 0.166. The van der Waals surface area contributed by atoms with Crippen molar-refractivity contribution in [3.8, 4) is 0 Å². The van der Waals surface area contributed by atoms with Gasteiger partial charge in [-0.1, -0.05) is 11.7 Å². The van der Waals surface area contributed by atoms with Gasteiger partial charge in [-0.15, -0.1) is 0 Å². The second-order valence-electron chi connectivity index (χ2n) is 1.93. The molecule has 0 aromatic carbocycles. The summed E-state index contributed by atoms with van der Waals surface area (Å²) in [6.45, 7) is 4.85. The van der Waals surface area contributed by atoms with Crippen molar-refractivity contribution in [2.24, 2.45) is 5.73 Å². The minimum atomic E-state index is -0.435. The van der Waals surface area contributed by atoms with Gasteiger partial charge in [0.15, 0.2) is 0 Å². The number of anilines is 1. The molecule has 0 aliphatic heterocycles. The van der Waals surface area contributed by atoms with Crippen LogP contribution >= 0.6 is 0 Å². The SMILES string of the molecule is C=C(C)C(N)=O.Nc1nnn[nH]1. The third-order valence-corrected chi connectivity index (χ3v) is 0.782. The van der Waals surface area contributed by atoms with Crippen LogP contribution in [0, 0.1) is 0 Å². The summed E-state index contributed by atoms with van der Waals surface area (Å²) in [6.07, 6.45) is 0. The van der Waals surface area contributed by atoms with E-state index in [-0.39, 0.29) is 5.95 Å². The van der Waals surface area contributed by atoms with Crippen LogP contribution in [0.4, 0.5) is 5.95 Å². The molecule has 0 fully saturated rings. The van der Waals surface area contributed by atoms with E-state index in [1.54, 1.807) is 6.92 Å². The molecule has 0 bridgehead atoms. The third-order valence-electron chi connectivity index (χ3n) is 0.782. The van der Waals surface area contributed by atoms with E-state index in [4.69, 9.17) is 11.5 Å². The number of aromatic amines is 1. The number of rotatable bonds is 1. The Labute approximate surface area is 68.8 Å². The van der Waals surface area contributed by atoms with E-state index in [1.165, 1.54) is 0 Å². The Bertz CT molecular complexity index is 241. The lowest BCUT2D eigenvalue weighted by Gasteiger charge is -1.81. The van der Waals surface area contributed by atoms with Gasteiger partial charge < -0.3 is 11.5 Å². The standard InChI is InChI=1S/C4H7NO.CH3N5/c1-3(2)4(5)6;2-1-3-5-6-4-1/h1H2,2H3,(H2,5,6);(H3,2,3,4,5,6). The molecule has 0 aliphatic carbocycles. The highest BCUT2D eigenvalue weighted by molar-refractivity contribution is 5.90. The van der Waals surface area contributed by atoms with E-state index in [1.807, 2.05) is 0 Å². The largest absolute Gasteiger partial charge is 0.367 e. The van der Waals surface area contributed by atoms with Crippen LogP contribution in [0.3, 0.4) is 0 Å². The molecule has 1 aromatic rings. The Morgan fingerprint density at radius 1 is 1.67 bits per heavy atom. The lowest BCUT2D eigenvalue weighted by molar-refractivity contribution is -0.114. The maximum atomic E-state index is 9.82. The molecular weight excluding hydrogens is 160 g/mol. The molecule has 7 heteroatoms. The maximum absolute atomic E-state index is 9.82. The number of primary amides is 1. The van der Waals surface area contributed by atoms with Crippen molar-refractivity contribution in [3.05, 3.63) is 12.2 Å². The smallest absolute Gasteiger partial charge is 0.243 e. The zero-order valence-electron chi connectivity index (χ0n) is 6.61. The molecule has 12 heavy (non-hydrogen) atoms. The molecule has 1 rings (SSSR count). The second-order valence-corrected chi connectivity index (χ2v) is 1.93. The molecule has 0 spiro atoms. The van der Waals surface area contributed by atoms with E-state index in [2.05, 4.69) is 27.2 Å². The van der Waals surface area contributed by atoms with Gasteiger partial charge in [0.1, 0.15) is 0 Å². The summed E-state index contributed by atoms with van der Waals surface area (Å²) in [5.41, 5.74) is 10.1. The zero-order valence-corrected chi connectivity index (χ0v) is 6.61. The van der Waals surface area contributed by atoms with Crippen LogP contribution in [0.1, 0.15) is 6.92 Å². The van der Waals surface area contributed by atoms with Crippen LogP contribution < -0.4 is 11.5 Å². The molecule has 1 aromatic heterocycles. The first-order valence-electron chi connectivity index (χ1n) is 2.98. The topological polar surface area (TPSA) is 124 Å². The van der Waals surface area contributed by atoms with Crippen molar-refractivity contribution >= 4 is 11.9 Å². The van der Waals surface area contributed by atoms with Crippen LogP contribution in [0.15, 0.2) is 12.2 Å². The maximum Gasteiger partial charge on any atom is 0.243 e. The number of aromatic nitrogens is 4. The van der Waals surface area contributed by atoms with Crippen molar-refractivity contribution in [3.63, 3.8) is 0 Å². The summed E-state index contributed by atoms with van der Waals surface area (Å²) >= 11 is 0. The zero-order chi connectivity index (χ0) is 9.56. The number of carbonyl (C=O) groups is 1. The third kappa shape index (κ3) is 4.91. The van der Waals surface area contributed by atoms with Gasteiger partial charge in [0.2, 0.25) is 11.9 Å². The molecule has 1 amide bonds. The van der Waals surface area contributed by atoms with Crippen LogP contribution in [0.25, 0.3) is 0 Å². The van der Waals surface area contributed by atoms with E-state index in [0.29, 0.717) is 5.57 Å². The predicted molar refractivity (Wildman–Crippen MR) is 42.6 cm³/mol. The molecule has 0 saturated heterocycles. The minimum absolute atomic E-state index is 0.245. The summed E-state index contributed by atoms with van der Waals surface area (Å²) in [4.78, 5) is 9.82. The number of H-pyrrole nitrogens is 1. The Balaban J connectivity index is 0.000000202. The molecule has 5 N–H and O–H groups in total. The fourth-order valence-electron chi connectivity index (χ4n) is 0.166. The Morgan fingerprint density at radius 2 is 2.17 bits per heavy atom. The average molecular weight is 170 g/mol. The van der Waals surface area contributed by atoms with Gasteiger partial charge in [0, 0.05) is 5.57 Å². The lowest BCUT2D eigenvalue weighted by atomic mass is 10.3. The fraction of sp³-hybridized carbons (Fsp3) is 0.200. The highest BCUT2D eigenvalue weighted by Gasteiger charge is 1.86. The van der Waals surface area contributed by atoms with E-state index < -0.39 is 5.91 Å². The molecule has 0 radical (unpaired) electrons. The number of nitrogens with one attached hydrogen (secondary N) is 1. The summed E-state index contributed by atoms with van der Waals surface area (Å²) in [5.74, 6) is -0.190. The molecule has 66 valence electrons. The van der Waals surface area contributed by atoms with Gasteiger partial charge in [0.05, 0.1) is 0 Å². The van der Waals surface area contributed by atoms with Crippen molar-refractivity contribution in [1.82, 2.24) is 20.6 Å². The summed E-state index contributed by atoms with van der Waals surface area (Å²) in [7, 11) is 0. The Hall–Kier alpha value is -1.92. The first-order chi connectivity index (χ1) is 5.54. The van der Waals surface area contributed by atoms with Crippen LogP contribution in [0.5, 0.6) is 0 Å². The van der Waals surface area contributed by atoms with Crippen molar-refractivity contribution in [2.45, 2.75) is 6.92 Å². The van der Waals surface area contributed by atoms with Crippen molar-refractivity contribution in [2.75, 3.05) is 5.73 Å². The number of hydrogen-bond donors (Lipinski definition) is 3. The number of nitrogens with two attached hydrogens (primary N) is 2. The molecule has 0 atom stereocenters. The van der Waals surface area contributed by atoms with Gasteiger partial charge in [-0.25, -0.2) is 5.10 Å². The summed E-state index contributed by atoms with van der Waals surface area (Å²) in [5, 5.41) is 11.9. The average Bonchev–Trinajstić information content (AvgIpc) is 2.40. The van der Waals surface area contributed by atoms with Crippen LogP contribution in [0.2, 0.25) is 0 Å². The van der Waals surface area contributed by atoms with Gasteiger partial charge in [0.25, 0.3) is 0 Å². The normalized spacial score (nSPS) is 8.08. The number of tetrazole rings is 1. The second kappa shape index (κ2) is 4.83. The number of hydrogen-bond acceptors (Lipinski definition) is 5. The highest BCUT2D eigenvalue weighted by atomic mass is 16.1. The number of nitrogen functional groups attached to an aromatic ring is 1. The predicted octanol–water partition coefficient (Wildman–Crippen LogP) is -1.17. The van der Waals surface area contributed by atoms with Gasteiger partial charge >= 0.3 is 0 Å². The quantitative estimate of drug-likeness (QED) is 0.458.